The summed E-state index contributed by atoms with van der Waals surface area (Å²) in [7, 11) is -3.47. The Morgan fingerprint density at radius 1 is 1.69 bits per heavy atom. The van der Waals surface area contributed by atoms with Crippen molar-refractivity contribution in [2.24, 2.45) is 0 Å². The molecule has 90 valence electrons. The molecule has 1 aliphatic heterocycles. The van der Waals surface area contributed by atoms with Crippen LogP contribution in [-0.4, -0.2) is 35.5 Å². The highest BCUT2D eigenvalue weighted by atomic mass is 32.2. The van der Waals surface area contributed by atoms with Crippen LogP contribution in [0, 0.1) is 0 Å². The van der Waals surface area contributed by atoms with E-state index in [0.29, 0.717) is 6.54 Å². The number of nitrogens with one attached hydrogen (secondary N) is 1. The van der Waals surface area contributed by atoms with Crippen LogP contribution in [0.15, 0.2) is 11.1 Å². The molecule has 16 heavy (non-hydrogen) atoms. The van der Waals surface area contributed by atoms with Crippen molar-refractivity contribution in [2.75, 3.05) is 12.3 Å². The molecule has 1 unspecified atom stereocenters. The van der Waals surface area contributed by atoms with Gasteiger partial charge in [0.1, 0.15) is 10.7 Å². The maximum Gasteiger partial charge on any atom is 0.248 e. The average Bonchev–Trinajstić information content (AvgIpc) is 2.85. The molecule has 2 rings (SSSR count). The first kappa shape index (κ1) is 11.4. The van der Waals surface area contributed by atoms with Crippen molar-refractivity contribution in [2.45, 2.75) is 37.1 Å². The van der Waals surface area contributed by atoms with Crippen molar-refractivity contribution in [1.29, 1.82) is 0 Å². The van der Waals surface area contributed by atoms with Gasteiger partial charge in [-0.15, -0.1) is 0 Å². The maximum atomic E-state index is 12.3. The van der Waals surface area contributed by atoms with E-state index in [-0.39, 0.29) is 16.8 Å². The van der Waals surface area contributed by atoms with Crippen LogP contribution in [0.5, 0.6) is 0 Å². The third-order valence-corrected chi connectivity index (χ3v) is 4.99. The van der Waals surface area contributed by atoms with Gasteiger partial charge in [0.2, 0.25) is 10.0 Å². The molecule has 7 heteroatoms. The van der Waals surface area contributed by atoms with Gasteiger partial charge < -0.3 is 5.73 Å². The number of sulfonamides is 1. The van der Waals surface area contributed by atoms with Gasteiger partial charge in [0, 0.05) is 12.6 Å². The third-order valence-electron chi connectivity index (χ3n) is 3.01. The summed E-state index contributed by atoms with van der Waals surface area (Å²) in [5.41, 5.74) is 5.56. The van der Waals surface area contributed by atoms with E-state index < -0.39 is 10.0 Å². The molecular formula is C9H16N4O2S. The molecule has 2 heterocycles. The van der Waals surface area contributed by atoms with Gasteiger partial charge in [-0.3, -0.25) is 5.10 Å². The number of H-pyrrole nitrogens is 1. The van der Waals surface area contributed by atoms with E-state index in [1.807, 2.05) is 6.92 Å². The van der Waals surface area contributed by atoms with E-state index in [4.69, 9.17) is 5.73 Å². The molecule has 1 aromatic rings. The molecule has 1 atom stereocenters. The van der Waals surface area contributed by atoms with Gasteiger partial charge in [-0.05, 0) is 19.3 Å². The molecule has 3 N–H and O–H groups in total. The molecule has 0 aliphatic carbocycles. The van der Waals surface area contributed by atoms with E-state index >= 15 is 0 Å². The first-order valence-electron chi connectivity index (χ1n) is 5.38. The van der Waals surface area contributed by atoms with Crippen molar-refractivity contribution >= 4 is 15.8 Å². The first-order chi connectivity index (χ1) is 7.57. The lowest BCUT2D eigenvalue weighted by Gasteiger charge is -2.22. The second kappa shape index (κ2) is 4.06. The van der Waals surface area contributed by atoms with Crippen LogP contribution >= 0.6 is 0 Å². The van der Waals surface area contributed by atoms with E-state index in [1.165, 1.54) is 10.5 Å². The summed E-state index contributed by atoms with van der Waals surface area (Å²) in [4.78, 5) is 0.0906. The Bertz CT molecular complexity index is 468. The quantitative estimate of drug-likeness (QED) is 0.812. The Morgan fingerprint density at radius 2 is 2.44 bits per heavy atom. The standard InChI is InChI=1S/C9H16N4O2S/c1-2-7-4-3-5-13(7)16(14,15)8-6-11-12-9(8)10/h6-7H,2-5H2,1H3,(H3,10,11,12). The SMILES string of the molecule is CCC1CCCN1S(=O)(=O)c1cn[nH]c1N. The fraction of sp³-hybridized carbons (Fsp3) is 0.667. The number of hydrogen-bond donors (Lipinski definition) is 2. The van der Waals surface area contributed by atoms with Gasteiger partial charge in [-0.1, -0.05) is 6.92 Å². The van der Waals surface area contributed by atoms with Crippen molar-refractivity contribution in [1.82, 2.24) is 14.5 Å². The van der Waals surface area contributed by atoms with Crippen molar-refractivity contribution in [3.05, 3.63) is 6.20 Å². The zero-order chi connectivity index (χ0) is 11.8. The van der Waals surface area contributed by atoms with Crippen LogP contribution in [0.2, 0.25) is 0 Å². The van der Waals surface area contributed by atoms with Gasteiger partial charge in [-0.25, -0.2) is 8.42 Å². The van der Waals surface area contributed by atoms with Crippen molar-refractivity contribution in [3.8, 4) is 0 Å². The Kier molecular flexibility index (Phi) is 2.90. The molecule has 1 aliphatic rings. The molecule has 0 amide bonds. The predicted octanol–water partition coefficient (Wildman–Crippen LogP) is 0.555. The van der Waals surface area contributed by atoms with Crippen LogP contribution < -0.4 is 5.73 Å². The van der Waals surface area contributed by atoms with Crippen LogP contribution in [-0.2, 0) is 10.0 Å². The Morgan fingerprint density at radius 3 is 3.00 bits per heavy atom. The minimum absolute atomic E-state index is 0.0906. The lowest BCUT2D eigenvalue weighted by atomic mass is 10.2. The van der Waals surface area contributed by atoms with E-state index in [2.05, 4.69) is 10.2 Å². The van der Waals surface area contributed by atoms with Gasteiger partial charge in [0.15, 0.2) is 0 Å². The third kappa shape index (κ3) is 1.69. The van der Waals surface area contributed by atoms with Crippen LogP contribution in [0.3, 0.4) is 0 Å². The van der Waals surface area contributed by atoms with Crippen LogP contribution in [0.4, 0.5) is 5.82 Å². The molecule has 0 radical (unpaired) electrons. The van der Waals surface area contributed by atoms with Crippen LogP contribution in [0.1, 0.15) is 26.2 Å². The average molecular weight is 244 g/mol. The molecular weight excluding hydrogens is 228 g/mol. The van der Waals surface area contributed by atoms with E-state index in [1.54, 1.807) is 0 Å². The molecule has 1 saturated heterocycles. The number of rotatable bonds is 3. The second-order valence-electron chi connectivity index (χ2n) is 3.97. The summed E-state index contributed by atoms with van der Waals surface area (Å²) >= 11 is 0. The molecule has 1 fully saturated rings. The highest BCUT2D eigenvalue weighted by Gasteiger charge is 2.35. The molecule has 0 spiro atoms. The number of nitrogen functional groups attached to an aromatic ring is 1. The molecule has 0 bridgehead atoms. The highest BCUT2D eigenvalue weighted by molar-refractivity contribution is 7.89. The van der Waals surface area contributed by atoms with Gasteiger partial charge >= 0.3 is 0 Å². The highest BCUT2D eigenvalue weighted by Crippen LogP contribution is 2.29. The topological polar surface area (TPSA) is 92.1 Å². The summed E-state index contributed by atoms with van der Waals surface area (Å²) in [6.07, 6.45) is 3.94. The zero-order valence-electron chi connectivity index (χ0n) is 9.18. The monoisotopic (exact) mass is 244 g/mol. The molecule has 0 aromatic carbocycles. The number of nitrogens with two attached hydrogens (primary N) is 1. The second-order valence-corrected chi connectivity index (χ2v) is 5.83. The summed E-state index contributed by atoms with van der Waals surface area (Å²) in [5, 5.41) is 6.11. The number of nitrogens with zero attached hydrogens (tertiary/aromatic N) is 2. The summed E-state index contributed by atoms with van der Waals surface area (Å²) in [6, 6.07) is 0.0966. The smallest absolute Gasteiger partial charge is 0.248 e. The minimum Gasteiger partial charge on any atom is -0.383 e. The van der Waals surface area contributed by atoms with E-state index in [0.717, 1.165) is 19.3 Å². The summed E-state index contributed by atoms with van der Waals surface area (Å²) < 4.78 is 26.1. The number of aromatic nitrogens is 2. The van der Waals surface area contributed by atoms with E-state index in [9.17, 15) is 8.42 Å². The Balaban J connectivity index is 2.36. The Hall–Kier alpha value is -1.08. The lowest BCUT2D eigenvalue weighted by Crippen LogP contribution is -2.35. The summed E-state index contributed by atoms with van der Waals surface area (Å²) in [5.74, 6) is 0.113. The predicted molar refractivity (Wildman–Crippen MR) is 60.2 cm³/mol. The normalized spacial score (nSPS) is 22.7. The molecule has 6 nitrogen and oxygen atoms in total. The minimum atomic E-state index is -3.47. The largest absolute Gasteiger partial charge is 0.383 e. The number of anilines is 1. The fourth-order valence-electron chi connectivity index (χ4n) is 2.15. The fourth-order valence-corrected chi connectivity index (χ4v) is 3.93. The van der Waals surface area contributed by atoms with Crippen molar-refractivity contribution in [3.63, 3.8) is 0 Å². The van der Waals surface area contributed by atoms with Gasteiger partial charge in [0.25, 0.3) is 0 Å². The van der Waals surface area contributed by atoms with Crippen LogP contribution in [0.25, 0.3) is 0 Å². The molecule has 1 aromatic heterocycles. The van der Waals surface area contributed by atoms with Crippen molar-refractivity contribution < 1.29 is 8.42 Å². The molecule has 0 saturated carbocycles. The maximum absolute atomic E-state index is 12.3. The van der Waals surface area contributed by atoms with Gasteiger partial charge in [0.05, 0.1) is 6.20 Å². The lowest BCUT2D eigenvalue weighted by molar-refractivity contribution is 0.380. The zero-order valence-corrected chi connectivity index (χ0v) is 10.00. The number of hydrogen-bond acceptors (Lipinski definition) is 4. The number of aromatic amines is 1. The summed E-state index contributed by atoms with van der Waals surface area (Å²) in [6.45, 7) is 2.57. The Labute approximate surface area is 94.9 Å². The van der Waals surface area contributed by atoms with Gasteiger partial charge in [-0.2, -0.15) is 9.40 Å². The first-order valence-corrected chi connectivity index (χ1v) is 6.82.